The number of nitrogens with zero attached hydrogens (tertiary/aromatic N) is 1. The van der Waals surface area contributed by atoms with Crippen LogP contribution >= 0.6 is 0 Å². The summed E-state index contributed by atoms with van der Waals surface area (Å²) < 4.78 is 0. The standard InChI is InChI=1S/C4H8NO.Y/c1-4(6)5(2)3;/h1H2,2-3H3;/q-1;+3. The molecule has 0 aromatic rings. The second-order valence-corrected chi connectivity index (χ2v) is 1.29. The molecule has 0 spiro atoms. The molecule has 2 nitrogen and oxygen atoms in total. The molecule has 7 heavy (non-hydrogen) atoms. The van der Waals surface area contributed by atoms with E-state index in [0.29, 0.717) is 0 Å². The van der Waals surface area contributed by atoms with E-state index in [9.17, 15) is 4.79 Å². The van der Waals surface area contributed by atoms with E-state index in [1.165, 1.54) is 4.90 Å². The van der Waals surface area contributed by atoms with Crippen LogP contribution in [-0.4, -0.2) is 24.9 Å². The average Bonchev–Trinajstić information content (AvgIpc) is 1.36. The van der Waals surface area contributed by atoms with Crippen LogP contribution in [0.1, 0.15) is 0 Å². The maximum absolute atomic E-state index is 9.96. The summed E-state index contributed by atoms with van der Waals surface area (Å²) in [5.74, 6) is -0.157. The largest absolute Gasteiger partial charge is 3.00 e. The molecule has 0 atom stereocenters. The molecule has 36 valence electrons. The van der Waals surface area contributed by atoms with Gasteiger partial charge in [-0.15, -0.1) is 0 Å². The van der Waals surface area contributed by atoms with Crippen LogP contribution in [0.25, 0.3) is 0 Å². The minimum atomic E-state index is -0.157. The zero-order chi connectivity index (χ0) is 5.15. The van der Waals surface area contributed by atoms with Gasteiger partial charge in [0.1, 0.15) is 0 Å². The summed E-state index contributed by atoms with van der Waals surface area (Å²) in [6.07, 6.45) is 0. The van der Waals surface area contributed by atoms with E-state index in [1.54, 1.807) is 14.1 Å². The first-order valence-corrected chi connectivity index (χ1v) is 1.68. The Morgan fingerprint density at radius 1 is 1.57 bits per heavy atom. The van der Waals surface area contributed by atoms with Crippen LogP contribution in [0.15, 0.2) is 0 Å². The number of hydrogen-bond donors (Lipinski definition) is 0. The third-order valence-corrected chi connectivity index (χ3v) is 0.499. The maximum atomic E-state index is 9.96. The molecule has 0 aromatic heterocycles. The molecule has 3 heteroatoms. The van der Waals surface area contributed by atoms with Crippen LogP contribution in [0.5, 0.6) is 0 Å². The van der Waals surface area contributed by atoms with Crippen molar-refractivity contribution in [3.63, 3.8) is 0 Å². The summed E-state index contributed by atoms with van der Waals surface area (Å²) in [6, 6.07) is 0. The Labute approximate surface area is 69.1 Å². The Morgan fingerprint density at radius 3 is 1.71 bits per heavy atom. The Kier molecular flexibility index (Phi) is 6.85. The summed E-state index contributed by atoms with van der Waals surface area (Å²) in [6.45, 7) is 3.12. The van der Waals surface area contributed by atoms with Crippen molar-refractivity contribution in [3.8, 4) is 0 Å². The molecule has 0 saturated carbocycles. The molecule has 0 aliphatic heterocycles. The second kappa shape index (κ2) is 4.60. The first-order chi connectivity index (χ1) is 2.64. The Balaban J connectivity index is 0. The predicted molar refractivity (Wildman–Crippen MR) is 24.1 cm³/mol. The van der Waals surface area contributed by atoms with Crippen molar-refractivity contribution in [1.29, 1.82) is 0 Å². The molecule has 0 rings (SSSR count). The van der Waals surface area contributed by atoms with Gasteiger partial charge in [-0.05, 0) is 0 Å². The zero-order valence-corrected chi connectivity index (χ0v) is 7.48. The summed E-state index contributed by atoms with van der Waals surface area (Å²) in [5.41, 5.74) is 0. The van der Waals surface area contributed by atoms with Crippen LogP contribution < -0.4 is 0 Å². The van der Waals surface area contributed by atoms with Gasteiger partial charge in [-0.25, -0.2) is 0 Å². The first-order valence-electron chi connectivity index (χ1n) is 1.68. The van der Waals surface area contributed by atoms with E-state index in [-0.39, 0.29) is 38.6 Å². The fourth-order valence-corrected chi connectivity index (χ4v) is 0. The van der Waals surface area contributed by atoms with Gasteiger partial charge in [0.15, 0.2) is 0 Å². The van der Waals surface area contributed by atoms with Crippen LogP contribution in [0.4, 0.5) is 0 Å². The van der Waals surface area contributed by atoms with Gasteiger partial charge in [0.05, 0.1) is 5.91 Å². The molecule has 1 amide bonds. The van der Waals surface area contributed by atoms with Crippen molar-refractivity contribution in [1.82, 2.24) is 4.90 Å². The fourth-order valence-electron chi connectivity index (χ4n) is 0. The molecule has 0 heterocycles. The summed E-state index contributed by atoms with van der Waals surface area (Å²) in [4.78, 5) is 11.4. The Morgan fingerprint density at radius 2 is 1.71 bits per heavy atom. The molecular weight excluding hydrogens is 167 g/mol. The molecule has 0 aliphatic carbocycles. The van der Waals surface area contributed by atoms with Crippen LogP contribution in [-0.2, 0) is 37.5 Å². The van der Waals surface area contributed by atoms with Crippen molar-refractivity contribution in [2.45, 2.75) is 0 Å². The predicted octanol–water partition coefficient (Wildman–Crippen LogP) is -0.0938. The van der Waals surface area contributed by atoms with Gasteiger partial charge < -0.3 is 16.6 Å². The molecule has 0 aromatic carbocycles. The molecule has 0 unspecified atom stereocenters. The van der Waals surface area contributed by atoms with Crippen LogP contribution in [0.3, 0.4) is 0 Å². The SMILES string of the molecule is [CH2-]C(=O)N(C)C.[Y+3]. The minimum Gasteiger partial charge on any atom is -0.374 e. The van der Waals surface area contributed by atoms with E-state index in [2.05, 4.69) is 6.92 Å². The Hall–Kier alpha value is 0.444. The number of amides is 1. The summed E-state index contributed by atoms with van der Waals surface area (Å²) in [5, 5.41) is 0. The molecule has 0 N–H and O–H groups in total. The monoisotopic (exact) mass is 175 g/mol. The quantitative estimate of drug-likeness (QED) is 0.471. The first kappa shape index (κ1) is 10.4. The zero-order valence-electron chi connectivity index (χ0n) is 4.64. The van der Waals surface area contributed by atoms with Crippen LogP contribution in [0.2, 0.25) is 0 Å². The molecule has 0 radical (unpaired) electrons. The van der Waals surface area contributed by atoms with Gasteiger partial charge in [0, 0.05) is 14.1 Å². The van der Waals surface area contributed by atoms with Gasteiger partial charge in [-0.3, -0.25) is 0 Å². The van der Waals surface area contributed by atoms with E-state index in [1.807, 2.05) is 0 Å². The van der Waals surface area contributed by atoms with E-state index >= 15 is 0 Å². The summed E-state index contributed by atoms with van der Waals surface area (Å²) in [7, 11) is 3.32. The molecule has 0 fully saturated rings. The molecule has 0 bridgehead atoms. The minimum absolute atomic E-state index is 0. The van der Waals surface area contributed by atoms with Crippen molar-refractivity contribution >= 4 is 5.91 Å². The second-order valence-electron chi connectivity index (χ2n) is 1.29. The number of rotatable bonds is 0. The van der Waals surface area contributed by atoms with Crippen LogP contribution in [0, 0.1) is 6.92 Å². The van der Waals surface area contributed by atoms with Crippen molar-refractivity contribution in [3.05, 3.63) is 6.92 Å². The third kappa shape index (κ3) is 6.44. The van der Waals surface area contributed by atoms with E-state index < -0.39 is 0 Å². The van der Waals surface area contributed by atoms with Crippen molar-refractivity contribution < 1.29 is 37.5 Å². The number of carbonyl (C=O) groups is 1. The van der Waals surface area contributed by atoms with E-state index in [4.69, 9.17) is 0 Å². The fraction of sp³-hybridized carbons (Fsp3) is 0.500. The van der Waals surface area contributed by atoms with Gasteiger partial charge in [-0.1, -0.05) is 0 Å². The third-order valence-electron chi connectivity index (χ3n) is 0.499. The normalized spacial score (nSPS) is 6.57. The molecule has 0 saturated heterocycles. The topological polar surface area (TPSA) is 20.3 Å². The molecule has 0 aliphatic rings. The smallest absolute Gasteiger partial charge is 0.374 e. The van der Waals surface area contributed by atoms with Gasteiger partial charge in [0.25, 0.3) is 0 Å². The average molecular weight is 175 g/mol. The van der Waals surface area contributed by atoms with Crippen molar-refractivity contribution in [2.24, 2.45) is 0 Å². The molecular formula is C4H8NOY+2. The summed E-state index contributed by atoms with van der Waals surface area (Å²) >= 11 is 0. The number of hydrogen-bond acceptors (Lipinski definition) is 1. The van der Waals surface area contributed by atoms with E-state index in [0.717, 1.165) is 0 Å². The maximum Gasteiger partial charge on any atom is 3.00 e. The van der Waals surface area contributed by atoms with Gasteiger partial charge in [-0.2, -0.15) is 0 Å². The van der Waals surface area contributed by atoms with Gasteiger partial charge in [0.2, 0.25) is 0 Å². The van der Waals surface area contributed by atoms with Gasteiger partial charge >= 0.3 is 32.7 Å². The van der Waals surface area contributed by atoms with Crippen molar-refractivity contribution in [2.75, 3.05) is 14.1 Å². The number of carbonyl (C=O) groups excluding carboxylic acids is 1. The Bertz CT molecular complexity index is 62.7.